The lowest BCUT2D eigenvalue weighted by atomic mass is 10.3. The first-order valence-corrected chi connectivity index (χ1v) is 5.35. The largest absolute Gasteiger partial charge is 0.286 e. The molecule has 0 aromatic carbocycles. The third-order valence-corrected chi connectivity index (χ3v) is 2.66. The highest BCUT2D eigenvalue weighted by Crippen LogP contribution is 2.10. The van der Waals surface area contributed by atoms with Gasteiger partial charge in [-0.1, -0.05) is 22.9 Å². The van der Waals surface area contributed by atoms with Crippen LogP contribution in [0.15, 0.2) is 18.3 Å². The topological polar surface area (TPSA) is 30.2 Å². The van der Waals surface area contributed by atoms with Crippen LogP contribution in [0.4, 0.5) is 0 Å². The minimum Gasteiger partial charge on any atom is -0.286 e. The molecule has 0 bridgehead atoms. The molecule has 2 aromatic heterocycles. The first kappa shape index (κ1) is 8.69. The summed E-state index contributed by atoms with van der Waals surface area (Å²) in [5, 5.41) is 9.04. The number of rotatable bonds is 2. The van der Waals surface area contributed by atoms with Crippen LogP contribution in [0.1, 0.15) is 18.3 Å². The highest BCUT2D eigenvalue weighted by molar-refractivity contribution is 9.08. The normalized spacial score (nSPS) is 10.9. The van der Waals surface area contributed by atoms with Gasteiger partial charge in [0.2, 0.25) is 0 Å². The van der Waals surface area contributed by atoms with Gasteiger partial charge in [-0.15, -0.1) is 10.2 Å². The summed E-state index contributed by atoms with van der Waals surface area (Å²) in [6.07, 6.45) is 2.93. The summed E-state index contributed by atoms with van der Waals surface area (Å²) in [4.78, 5) is 0. The maximum Gasteiger partial charge on any atom is 0.161 e. The van der Waals surface area contributed by atoms with Crippen LogP contribution in [-0.2, 0) is 11.8 Å². The van der Waals surface area contributed by atoms with E-state index in [1.807, 2.05) is 16.7 Å². The van der Waals surface area contributed by atoms with Gasteiger partial charge in [0, 0.05) is 17.9 Å². The van der Waals surface area contributed by atoms with Crippen molar-refractivity contribution in [2.45, 2.75) is 18.7 Å². The fourth-order valence-electron chi connectivity index (χ4n) is 1.31. The Morgan fingerprint density at radius 1 is 1.46 bits per heavy atom. The van der Waals surface area contributed by atoms with E-state index in [0.29, 0.717) is 0 Å². The van der Waals surface area contributed by atoms with Gasteiger partial charge in [-0.2, -0.15) is 0 Å². The van der Waals surface area contributed by atoms with Crippen LogP contribution in [0.5, 0.6) is 0 Å². The zero-order valence-electron chi connectivity index (χ0n) is 7.37. The van der Waals surface area contributed by atoms with Gasteiger partial charge in [0.1, 0.15) is 5.82 Å². The van der Waals surface area contributed by atoms with E-state index in [1.165, 1.54) is 5.56 Å². The van der Waals surface area contributed by atoms with E-state index >= 15 is 0 Å². The molecule has 0 aliphatic heterocycles. The molecule has 0 amide bonds. The van der Waals surface area contributed by atoms with E-state index in [4.69, 9.17) is 0 Å². The van der Waals surface area contributed by atoms with Gasteiger partial charge in [-0.3, -0.25) is 4.40 Å². The Labute approximate surface area is 84.9 Å². The Balaban J connectivity index is 2.61. The molecule has 0 aliphatic carbocycles. The van der Waals surface area contributed by atoms with E-state index in [0.717, 1.165) is 23.2 Å². The Morgan fingerprint density at radius 2 is 2.31 bits per heavy atom. The van der Waals surface area contributed by atoms with Crippen molar-refractivity contribution in [3.63, 3.8) is 0 Å². The van der Waals surface area contributed by atoms with Crippen molar-refractivity contribution in [2.75, 3.05) is 0 Å². The van der Waals surface area contributed by atoms with Gasteiger partial charge < -0.3 is 0 Å². The van der Waals surface area contributed by atoms with Crippen LogP contribution in [-0.4, -0.2) is 14.6 Å². The Kier molecular flexibility index (Phi) is 2.31. The first-order chi connectivity index (χ1) is 6.35. The zero-order valence-corrected chi connectivity index (χ0v) is 8.95. The summed E-state index contributed by atoms with van der Waals surface area (Å²) in [7, 11) is 0. The number of fused-ring (bicyclic) bond motifs is 1. The van der Waals surface area contributed by atoms with Gasteiger partial charge in [-0.25, -0.2) is 0 Å². The third kappa shape index (κ3) is 1.46. The molecule has 0 N–H and O–H groups in total. The number of pyridine rings is 1. The molecule has 4 heteroatoms. The lowest BCUT2D eigenvalue weighted by molar-refractivity contribution is 0.909. The SMILES string of the molecule is CCc1nnc2cc(CBr)ccn12. The zero-order chi connectivity index (χ0) is 9.26. The van der Waals surface area contributed by atoms with Crippen molar-refractivity contribution in [2.24, 2.45) is 0 Å². The van der Waals surface area contributed by atoms with Crippen LogP contribution in [0.2, 0.25) is 0 Å². The molecular weight excluding hydrogens is 230 g/mol. The molecule has 0 saturated heterocycles. The Morgan fingerprint density at radius 3 is 3.00 bits per heavy atom. The molecule has 0 spiro atoms. The number of alkyl halides is 1. The van der Waals surface area contributed by atoms with Crippen molar-refractivity contribution in [3.05, 3.63) is 29.7 Å². The second-order valence-corrected chi connectivity index (χ2v) is 3.43. The Hall–Kier alpha value is -0.900. The number of halogens is 1. The number of hydrogen-bond donors (Lipinski definition) is 0. The average molecular weight is 240 g/mol. The van der Waals surface area contributed by atoms with E-state index < -0.39 is 0 Å². The molecule has 3 nitrogen and oxygen atoms in total. The van der Waals surface area contributed by atoms with Crippen LogP contribution >= 0.6 is 15.9 Å². The minimum atomic E-state index is 0.859. The third-order valence-electron chi connectivity index (χ3n) is 2.02. The number of aryl methyl sites for hydroxylation is 1. The molecule has 2 heterocycles. The van der Waals surface area contributed by atoms with Crippen molar-refractivity contribution >= 4 is 21.6 Å². The molecule has 2 aromatic rings. The summed E-state index contributed by atoms with van der Waals surface area (Å²) in [6, 6.07) is 4.12. The minimum absolute atomic E-state index is 0.859. The number of aromatic nitrogens is 3. The van der Waals surface area contributed by atoms with E-state index in [-0.39, 0.29) is 0 Å². The summed E-state index contributed by atoms with van der Waals surface area (Å²) in [6.45, 7) is 2.08. The number of nitrogens with zero attached hydrogens (tertiary/aromatic N) is 3. The predicted molar refractivity (Wildman–Crippen MR) is 55.0 cm³/mol. The molecule has 13 heavy (non-hydrogen) atoms. The monoisotopic (exact) mass is 239 g/mol. The van der Waals surface area contributed by atoms with Crippen LogP contribution < -0.4 is 0 Å². The average Bonchev–Trinajstić information content (AvgIpc) is 2.59. The summed E-state index contributed by atoms with van der Waals surface area (Å²) >= 11 is 3.41. The second-order valence-electron chi connectivity index (χ2n) is 2.87. The molecule has 0 radical (unpaired) electrons. The maximum absolute atomic E-state index is 4.09. The molecular formula is C9H10BrN3. The first-order valence-electron chi connectivity index (χ1n) is 4.23. The molecule has 68 valence electrons. The van der Waals surface area contributed by atoms with Gasteiger partial charge in [0.05, 0.1) is 0 Å². The lowest BCUT2D eigenvalue weighted by Gasteiger charge is -1.97. The fourth-order valence-corrected chi connectivity index (χ4v) is 1.66. The van der Waals surface area contributed by atoms with Gasteiger partial charge in [0.25, 0.3) is 0 Å². The van der Waals surface area contributed by atoms with Crippen LogP contribution in [0.25, 0.3) is 5.65 Å². The highest BCUT2D eigenvalue weighted by atomic mass is 79.9. The van der Waals surface area contributed by atoms with E-state index in [2.05, 4.69) is 39.1 Å². The van der Waals surface area contributed by atoms with Crippen LogP contribution in [0.3, 0.4) is 0 Å². The molecule has 0 atom stereocenters. The smallest absolute Gasteiger partial charge is 0.161 e. The highest BCUT2D eigenvalue weighted by Gasteiger charge is 2.02. The summed E-state index contributed by atoms with van der Waals surface area (Å²) in [5.41, 5.74) is 2.15. The van der Waals surface area contributed by atoms with Crippen molar-refractivity contribution < 1.29 is 0 Å². The molecule has 0 unspecified atom stereocenters. The van der Waals surface area contributed by atoms with Crippen LogP contribution in [0, 0.1) is 0 Å². The molecule has 2 rings (SSSR count). The van der Waals surface area contributed by atoms with E-state index in [1.54, 1.807) is 0 Å². The molecule has 0 aliphatic rings. The van der Waals surface area contributed by atoms with Crippen molar-refractivity contribution in [1.29, 1.82) is 0 Å². The van der Waals surface area contributed by atoms with Gasteiger partial charge in [0.15, 0.2) is 5.65 Å². The predicted octanol–water partition coefficient (Wildman–Crippen LogP) is 2.19. The summed E-state index contributed by atoms with van der Waals surface area (Å²) in [5.74, 6) is 1.01. The van der Waals surface area contributed by atoms with Crippen molar-refractivity contribution in [3.8, 4) is 0 Å². The lowest BCUT2D eigenvalue weighted by Crippen LogP contribution is -1.92. The van der Waals surface area contributed by atoms with Crippen molar-refractivity contribution in [1.82, 2.24) is 14.6 Å². The quantitative estimate of drug-likeness (QED) is 0.753. The maximum atomic E-state index is 4.09. The fraction of sp³-hybridized carbons (Fsp3) is 0.333. The van der Waals surface area contributed by atoms with Gasteiger partial charge in [-0.05, 0) is 17.7 Å². The molecule has 0 saturated carbocycles. The number of hydrogen-bond acceptors (Lipinski definition) is 2. The van der Waals surface area contributed by atoms with E-state index in [9.17, 15) is 0 Å². The second kappa shape index (κ2) is 3.46. The molecule has 0 fully saturated rings. The standard InChI is InChI=1S/C9H10BrN3/c1-2-8-11-12-9-5-7(6-10)3-4-13(8)9/h3-5H,2,6H2,1H3. The van der Waals surface area contributed by atoms with Gasteiger partial charge >= 0.3 is 0 Å². The summed E-state index contributed by atoms with van der Waals surface area (Å²) < 4.78 is 2.02. The Bertz CT molecular complexity index is 422.